The second-order valence-corrected chi connectivity index (χ2v) is 8.65. The average Bonchev–Trinajstić information content (AvgIpc) is 3.03. The summed E-state index contributed by atoms with van der Waals surface area (Å²) in [4.78, 5) is 9.09. The molecule has 0 spiro atoms. The molecule has 2 aromatic rings. The minimum Gasteiger partial charge on any atom is -0.263 e. The molecule has 0 radical (unpaired) electrons. The van der Waals surface area contributed by atoms with Crippen molar-refractivity contribution in [1.82, 2.24) is 24.1 Å². The van der Waals surface area contributed by atoms with Crippen LogP contribution in [0.15, 0.2) is 24.7 Å². The summed E-state index contributed by atoms with van der Waals surface area (Å²) < 4.78 is 27.1. The largest absolute Gasteiger partial charge is 0.263 e. The number of nitrogens with zero attached hydrogens (tertiary/aromatic N) is 5. The van der Waals surface area contributed by atoms with E-state index in [-0.39, 0.29) is 5.92 Å². The molecule has 3 rings (SSSR count). The maximum atomic E-state index is 11.8. The molecule has 1 aliphatic rings. The zero-order chi connectivity index (χ0) is 17.9. The minimum atomic E-state index is -3.12. The predicted molar refractivity (Wildman–Crippen MR) is 96.4 cm³/mol. The Morgan fingerprint density at radius 2 is 2.16 bits per heavy atom. The van der Waals surface area contributed by atoms with Crippen molar-refractivity contribution in [2.45, 2.75) is 39.2 Å². The van der Waals surface area contributed by atoms with E-state index in [0.717, 1.165) is 49.3 Å². The van der Waals surface area contributed by atoms with E-state index in [1.807, 2.05) is 10.7 Å². The molecule has 25 heavy (non-hydrogen) atoms. The molecule has 1 fully saturated rings. The van der Waals surface area contributed by atoms with Crippen molar-refractivity contribution >= 4 is 10.0 Å². The van der Waals surface area contributed by atoms with Crippen LogP contribution in [0.4, 0.5) is 0 Å². The summed E-state index contributed by atoms with van der Waals surface area (Å²) in [5.74, 6) is 0.286. The van der Waals surface area contributed by atoms with Gasteiger partial charge in [-0.15, -0.1) is 0 Å². The maximum absolute atomic E-state index is 11.8. The van der Waals surface area contributed by atoms with Gasteiger partial charge in [0, 0.05) is 32.0 Å². The number of rotatable bonds is 6. The third-order valence-corrected chi connectivity index (χ3v) is 5.82. The van der Waals surface area contributed by atoms with Gasteiger partial charge >= 0.3 is 0 Å². The summed E-state index contributed by atoms with van der Waals surface area (Å²) in [5, 5.41) is 4.34. The highest BCUT2D eigenvalue weighted by Crippen LogP contribution is 2.23. The molecule has 1 saturated heterocycles. The fourth-order valence-electron chi connectivity index (χ4n) is 3.36. The summed E-state index contributed by atoms with van der Waals surface area (Å²) in [6, 6.07) is 1.95. The molecule has 136 valence electrons. The SMILES string of the molecule is CCCn1nccc1-c1cncc(C[C@@H]2CCCN(S(C)(=O)=O)C2)n1. The van der Waals surface area contributed by atoms with Crippen LogP contribution >= 0.6 is 0 Å². The number of hydrogen-bond donors (Lipinski definition) is 0. The van der Waals surface area contributed by atoms with Crippen LogP contribution in [-0.4, -0.2) is 51.8 Å². The molecule has 0 aliphatic carbocycles. The van der Waals surface area contributed by atoms with Crippen molar-refractivity contribution < 1.29 is 8.42 Å². The Hall–Kier alpha value is -1.80. The first-order valence-electron chi connectivity index (χ1n) is 8.75. The van der Waals surface area contributed by atoms with E-state index < -0.39 is 10.0 Å². The average molecular weight is 363 g/mol. The molecule has 0 saturated carbocycles. The van der Waals surface area contributed by atoms with E-state index >= 15 is 0 Å². The highest BCUT2D eigenvalue weighted by molar-refractivity contribution is 7.88. The normalized spacial score (nSPS) is 19.2. The van der Waals surface area contributed by atoms with Crippen molar-refractivity contribution in [3.63, 3.8) is 0 Å². The van der Waals surface area contributed by atoms with Gasteiger partial charge < -0.3 is 0 Å². The molecule has 3 heterocycles. The number of aryl methyl sites for hydroxylation is 1. The van der Waals surface area contributed by atoms with Crippen LogP contribution in [-0.2, 0) is 23.0 Å². The van der Waals surface area contributed by atoms with Crippen molar-refractivity contribution in [1.29, 1.82) is 0 Å². The minimum absolute atomic E-state index is 0.286. The first kappa shape index (κ1) is 18.0. The van der Waals surface area contributed by atoms with E-state index in [1.165, 1.54) is 6.26 Å². The van der Waals surface area contributed by atoms with E-state index in [0.29, 0.717) is 13.1 Å². The Morgan fingerprint density at radius 1 is 1.32 bits per heavy atom. The maximum Gasteiger partial charge on any atom is 0.211 e. The summed E-state index contributed by atoms with van der Waals surface area (Å²) in [6.45, 7) is 4.15. The van der Waals surface area contributed by atoms with Crippen LogP contribution in [0, 0.1) is 5.92 Å². The summed E-state index contributed by atoms with van der Waals surface area (Å²) in [7, 11) is -3.12. The fraction of sp³-hybridized carbons (Fsp3) is 0.588. The molecular weight excluding hydrogens is 338 g/mol. The van der Waals surface area contributed by atoms with E-state index in [2.05, 4.69) is 17.0 Å². The first-order valence-corrected chi connectivity index (χ1v) is 10.6. The number of piperidine rings is 1. The molecule has 2 aromatic heterocycles. The van der Waals surface area contributed by atoms with Gasteiger partial charge in [0.15, 0.2) is 0 Å². The molecule has 0 N–H and O–H groups in total. The van der Waals surface area contributed by atoms with Gasteiger partial charge in [-0.05, 0) is 37.7 Å². The highest BCUT2D eigenvalue weighted by atomic mass is 32.2. The van der Waals surface area contributed by atoms with Crippen LogP contribution in [0.3, 0.4) is 0 Å². The van der Waals surface area contributed by atoms with Gasteiger partial charge in [-0.1, -0.05) is 6.92 Å². The van der Waals surface area contributed by atoms with Gasteiger partial charge in [0.2, 0.25) is 10.0 Å². The van der Waals surface area contributed by atoms with Crippen molar-refractivity contribution in [3.05, 3.63) is 30.4 Å². The Balaban J connectivity index is 1.75. The molecule has 0 aromatic carbocycles. The molecule has 1 aliphatic heterocycles. The standard InChI is InChI=1S/C17H25N5O2S/c1-3-8-22-17(6-7-19-22)16-12-18-11-15(20-16)10-14-5-4-9-21(13-14)25(2,23)24/h6-7,11-12,14H,3-5,8-10,13H2,1-2H3/t14-/m0/s1. The number of sulfonamides is 1. The quantitative estimate of drug-likeness (QED) is 0.784. The van der Waals surface area contributed by atoms with Gasteiger partial charge in [-0.25, -0.2) is 17.7 Å². The van der Waals surface area contributed by atoms with E-state index in [9.17, 15) is 8.42 Å². The van der Waals surface area contributed by atoms with Crippen molar-refractivity contribution in [3.8, 4) is 11.4 Å². The van der Waals surface area contributed by atoms with Gasteiger partial charge in [0.1, 0.15) is 5.69 Å². The smallest absolute Gasteiger partial charge is 0.211 e. The molecule has 0 unspecified atom stereocenters. The lowest BCUT2D eigenvalue weighted by atomic mass is 9.95. The zero-order valence-electron chi connectivity index (χ0n) is 14.8. The van der Waals surface area contributed by atoms with Crippen LogP contribution < -0.4 is 0 Å². The number of aromatic nitrogens is 4. The van der Waals surface area contributed by atoms with Crippen LogP contribution in [0.5, 0.6) is 0 Å². The Morgan fingerprint density at radius 3 is 2.92 bits per heavy atom. The van der Waals surface area contributed by atoms with Crippen LogP contribution in [0.2, 0.25) is 0 Å². The van der Waals surface area contributed by atoms with Crippen molar-refractivity contribution in [2.75, 3.05) is 19.3 Å². The molecular formula is C17H25N5O2S. The Kier molecular flexibility index (Phi) is 5.48. The monoisotopic (exact) mass is 363 g/mol. The third-order valence-electron chi connectivity index (χ3n) is 4.55. The summed E-state index contributed by atoms with van der Waals surface area (Å²) >= 11 is 0. The Bertz CT molecular complexity index is 818. The summed E-state index contributed by atoms with van der Waals surface area (Å²) in [5.41, 5.74) is 2.69. The topological polar surface area (TPSA) is 81.0 Å². The van der Waals surface area contributed by atoms with Crippen LogP contribution in [0.25, 0.3) is 11.4 Å². The van der Waals surface area contributed by atoms with Gasteiger partial charge in [-0.3, -0.25) is 9.67 Å². The summed E-state index contributed by atoms with van der Waals surface area (Å²) in [6.07, 6.45) is 10.3. The van der Waals surface area contributed by atoms with Gasteiger partial charge in [0.05, 0.1) is 23.8 Å². The molecule has 7 nitrogen and oxygen atoms in total. The molecule has 0 bridgehead atoms. The van der Waals surface area contributed by atoms with Gasteiger partial charge in [-0.2, -0.15) is 5.10 Å². The van der Waals surface area contributed by atoms with Crippen LogP contribution in [0.1, 0.15) is 31.9 Å². The molecule has 0 amide bonds. The van der Waals surface area contributed by atoms with Crippen molar-refractivity contribution in [2.24, 2.45) is 5.92 Å². The fourth-order valence-corrected chi connectivity index (χ4v) is 4.30. The second kappa shape index (κ2) is 7.61. The van der Waals surface area contributed by atoms with E-state index in [1.54, 1.807) is 22.9 Å². The third kappa shape index (κ3) is 4.43. The predicted octanol–water partition coefficient (Wildman–Crippen LogP) is 1.96. The Labute approximate surface area is 149 Å². The second-order valence-electron chi connectivity index (χ2n) is 6.67. The lowest BCUT2D eigenvalue weighted by Crippen LogP contribution is -2.39. The number of hydrogen-bond acceptors (Lipinski definition) is 5. The lowest BCUT2D eigenvalue weighted by molar-refractivity contribution is 0.265. The van der Waals surface area contributed by atoms with E-state index in [4.69, 9.17) is 4.98 Å². The highest BCUT2D eigenvalue weighted by Gasteiger charge is 2.26. The molecule has 8 heteroatoms. The molecule has 1 atom stereocenters. The zero-order valence-corrected chi connectivity index (χ0v) is 15.6. The van der Waals surface area contributed by atoms with Gasteiger partial charge in [0.25, 0.3) is 0 Å². The lowest BCUT2D eigenvalue weighted by Gasteiger charge is -2.30. The first-order chi connectivity index (χ1) is 12.0.